The van der Waals surface area contributed by atoms with E-state index >= 15 is 0 Å². The van der Waals surface area contributed by atoms with Gasteiger partial charge in [-0.15, -0.1) is 5.10 Å². The Labute approximate surface area is 178 Å². The van der Waals surface area contributed by atoms with E-state index in [2.05, 4.69) is 10.3 Å². The van der Waals surface area contributed by atoms with E-state index in [4.69, 9.17) is 9.15 Å². The summed E-state index contributed by atoms with van der Waals surface area (Å²) in [5.74, 6) is 0.854. The van der Waals surface area contributed by atoms with Gasteiger partial charge >= 0.3 is 0 Å². The summed E-state index contributed by atoms with van der Waals surface area (Å²) in [6.07, 6.45) is 1.83. The van der Waals surface area contributed by atoms with Gasteiger partial charge in [-0.1, -0.05) is 53.7 Å². The molecule has 0 unspecified atom stereocenters. The molecule has 0 saturated heterocycles. The minimum Gasteiger partial charge on any atom is -0.487 e. The monoisotopic (exact) mass is 409 g/mol. The van der Waals surface area contributed by atoms with Crippen molar-refractivity contribution >= 4 is 16.8 Å². The molecule has 31 heavy (non-hydrogen) atoms. The van der Waals surface area contributed by atoms with E-state index in [-0.39, 0.29) is 12.4 Å². The number of aromatic nitrogens is 3. The van der Waals surface area contributed by atoms with Crippen LogP contribution in [0.4, 0.5) is 0 Å². The highest BCUT2D eigenvalue weighted by Gasteiger charge is 2.19. The maximum Gasteiger partial charge on any atom is 0.228 e. The average molecular weight is 409 g/mol. The van der Waals surface area contributed by atoms with Gasteiger partial charge in [-0.2, -0.15) is 0 Å². The number of nitrogens with zero attached hydrogens (tertiary/aromatic N) is 3. The van der Waals surface area contributed by atoms with Gasteiger partial charge in [0.05, 0.1) is 11.9 Å². The van der Waals surface area contributed by atoms with E-state index in [1.807, 2.05) is 73.8 Å². The number of para-hydroxylation sites is 1. The normalized spacial score (nSPS) is 11.0. The van der Waals surface area contributed by atoms with E-state index < -0.39 is 0 Å². The fourth-order valence-electron chi connectivity index (χ4n) is 3.46. The summed E-state index contributed by atoms with van der Waals surface area (Å²) < 4.78 is 13.5. The third-order valence-electron chi connectivity index (χ3n) is 5.10. The molecular weight excluding hydrogens is 390 g/mol. The maximum absolute atomic E-state index is 12.8. The van der Waals surface area contributed by atoms with E-state index in [1.165, 1.54) is 0 Å². The Morgan fingerprint density at radius 2 is 1.74 bits per heavy atom. The first-order valence-corrected chi connectivity index (χ1v) is 9.91. The van der Waals surface area contributed by atoms with Crippen LogP contribution in [0.25, 0.3) is 16.7 Å². The molecule has 0 fully saturated rings. The van der Waals surface area contributed by atoms with Gasteiger partial charge in [0.15, 0.2) is 5.76 Å². The summed E-state index contributed by atoms with van der Waals surface area (Å²) in [7, 11) is 0. The zero-order valence-corrected chi connectivity index (χ0v) is 16.9. The molecule has 3 aromatic carbocycles. The van der Waals surface area contributed by atoms with Crippen LogP contribution in [0.15, 0.2) is 89.5 Å². The largest absolute Gasteiger partial charge is 0.487 e. The second kappa shape index (κ2) is 7.91. The summed E-state index contributed by atoms with van der Waals surface area (Å²) >= 11 is 0. The van der Waals surface area contributed by atoms with Crippen molar-refractivity contribution in [3.05, 3.63) is 108 Å². The predicted molar refractivity (Wildman–Crippen MR) is 117 cm³/mol. The molecule has 0 N–H and O–H groups in total. The molecule has 5 rings (SSSR count). The highest BCUT2D eigenvalue weighted by Crippen LogP contribution is 2.30. The van der Waals surface area contributed by atoms with Crippen molar-refractivity contribution in [2.24, 2.45) is 0 Å². The zero-order chi connectivity index (χ0) is 21.2. The van der Waals surface area contributed by atoms with Crippen LogP contribution in [0.3, 0.4) is 0 Å². The molecule has 0 aliphatic heterocycles. The molecule has 0 aliphatic carbocycles. The Hall–Kier alpha value is -4.19. The Morgan fingerprint density at radius 3 is 2.52 bits per heavy atom. The van der Waals surface area contributed by atoms with E-state index in [1.54, 1.807) is 22.9 Å². The number of furan rings is 1. The number of ether oxygens (including phenoxy) is 1. The molecule has 0 bridgehead atoms. The van der Waals surface area contributed by atoms with Gasteiger partial charge in [-0.05, 0) is 31.2 Å². The zero-order valence-electron chi connectivity index (χ0n) is 16.9. The fourth-order valence-corrected chi connectivity index (χ4v) is 3.46. The first kappa shape index (κ1) is 18.8. The lowest BCUT2D eigenvalue weighted by Gasteiger charge is -2.03. The molecule has 6 heteroatoms. The molecule has 152 valence electrons. The predicted octanol–water partition coefficient (Wildman–Crippen LogP) is 5.13. The highest BCUT2D eigenvalue weighted by molar-refractivity contribution is 6.10. The third kappa shape index (κ3) is 3.71. The molecule has 0 spiro atoms. The van der Waals surface area contributed by atoms with Crippen LogP contribution in [-0.4, -0.2) is 20.8 Å². The minimum atomic E-state index is -0.130. The molecule has 6 nitrogen and oxygen atoms in total. The number of hydrogen-bond donors (Lipinski definition) is 0. The van der Waals surface area contributed by atoms with Gasteiger partial charge in [-0.3, -0.25) is 4.79 Å². The van der Waals surface area contributed by atoms with Crippen LogP contribution in [-0.2, 0) is 6.61 Å². The van der Waals surface area contributed by atoms with Crippen molar-refractivity contribution in [3.63, 3.8) is 0 Å². The van der Waals surface area contributed by atoms with Crippen LogP contribution in [0.2, 0.25) is 0 Å². The smallest absolute Gasteiger partial charge is 0.228 e. The van der Waals surface area contributed by atoms with Crippen molar-refractivity contribution in [1.82, 2.24) is 15.0 Å². The quantitative estimate of drug-likeness (QED) is 0.364. The molecule has 2 heterocycles. The maximum atomic E-state index is 12.8. The summed E-state index contributed by atoms with van der Waals surface area (Å²) in [6.45, 7) is 2.16. The Kier molecular flexibility index (Phi) is 4.80. The second-order valence-corrected chi connectivity index (χ2v) is 7.19. The van der Waals surface area contributed by atoms with Crippen molar-refractivity contribution < 1.29 is 13.9 Å². The number of carbonyl (C=O) groups excluding carboxylic acids is 1. The van der Waals surface area contributed by atoms with Crippen LogP contribution >= 0.6 is 0 Å². The minimum absolute atomic E-state index is 0.130. The summed E-state index contributed by atoms with van der Waals surface area (Å²) in [5.41, 5.74) is 3.68. The van der Waals surface area contributed by atoms with Gasteiger partial charge in [0, 0.05) is 22.6 Å². The second-order valence-electron chi connectivity index (χ2n) is 7.19. The molecule has 0 saturated carbocycles. The van der Waals surface area contributed by atoms with Gasteiger partial charge in [-0.25, -0.2) is 4.68 Å². The number of fused-ring (bicyclic) bond motifs is 1. The number of hydrogen-bond acceptors (Lipinski definition) is 5. The first-order valence-electron chi connectivity index (χ1n) is 9.91. The summed E-state index contributed by atoms with van der Waals surface area (Å²) in [5, 5.41) is 9.20. The van der Waals surface area contributed by atoms with Gasteiger partial charge in [0.2, 0.25) is 5.78 Å². The Balaban J connectivity index is 1.35. The van der Waals surface area contributed by atoms with Gasteiger partial charge in [0.25, 0.3) is 0 Å². The number of ketones is 1. The van der Waals surface area contributed by atoms with E-state index in [0.29, 0.717) is 28.4 Å². The third-order valence-corrected chi connectivity index (χ3v) is 5.10. The number of rotatable bonds is 6. The summed E-state index contributed by atoms with van der Waals surface area (Å²) in [6, 6.07) is 24.5. The van der Waals surface area contributed by atoms with Crippen molar-refractivity contribution in [1.29, 1.82) is 0 Å². The van der Waals surface area contributed by atoms with Gasteiger partial charge < -0.3 is 9.15 Å². The lowest BCUT2D eigenvalue weighted by Crippen LogP contribution is -2.00. The molecule has 0 atom stereocenters. The average Bonchev–Trinajstić information content (AvgIpc) is 3.43. The van der Waals surface area contributed by atoms with Crippen molar-refractivity contribution in [2.75, 3.05) is 0 Å². The topological polar surface area (TPSA) is 70.2 Å². The molecule has 5 aromatic rings. The SMILES string of the molecule is Cc1c(C(=O)c2ccccc2)oc2cc(OCc3cn(-c4ccccc4)nn3)ccc12. The van der Waals surface area contributed by atoms with Crippen molar-refractivity contribution in [2.45, 2.75) is 13.5 Å². The molecular formula is C25H19N3O3. The van der Waals surface area contributed by atoms with Crippen LogP contribution < -0.4 is 4.74 Å². The lowest BCUT2D eigenvalue weighted by molar-refractivity contribution is 0.101. The molecule has 0 amide bonds. The van der Waals surface area contributed by atoms with Crippen molar-refractivity contribution in [3.8, 4) is 11.4 Å². The van der Waals surface area contributed by atoms with E-state index in [9.17, 15) is 4.79 Å². The van der Waals surface area contributed by atoms with E-state index in [0.717, 1.165) is 16.6 Å². The van der Waals surface area contributed by atoms with Crippen LogP contribution in [0, 0.1) is 6.92 Å². The van der Waals surface area contributed by atoms with Crippen LogP contribution in [0.1, 0.15) is 27.4 Å². The van der Waals surface area contributed by atoms with Gasteiger partial charge in [0.1, 0.15) is 23.6 Å². The molecule has 2 aromatic heterocycles. The number of aryl methyl sites for hydroxylation is 1. The molecule has 0 aliphatic rings. The first-order chi connectivity index (χ1) is 15.2. The number of benzene rings is 3. The van der Waals surface area contributed by atoms with Crippen LogP contribution in [0.5, 0.6) is 5.75 Å². The molecule has 0 radical (unpaired) electrons. The highest BCUT2D eigenvalue weighted by atomic mass is 16.5. The Bertz CT molecular complexity index is 1360. The Morgan fingerprint density at radius 1 is 1.00 bits per heavy atom. The standard InChI is InChI=1S/C25H19N3O3/c1-17-22-13-12-21(14-23(22)31-25(17)24(29)18-8-4-2-5-9-18)30-16-19-15-28(27-26-19)20-10-6-3-7-11-20/h2-15H,16H2,1H3. The fraction of sp³-hybridized carbons (Fsp3) is 0.0800. The lowest BCUT2D eigenvalue weighted by atomic mass is 10.0. The summed E-state index contributed by atoms with van der Waals surface area (Å²) in [4.78, 5) is 12.8. The number of carbonyl (C=O) groups is 1.